The van der Waals surface area contributed by atoms with Gasteiger partial charge in [-0.1, -0.05) is 15.9 Å². The first-order valence-electron chi connectivity index (χ1n) is 4.43. The monoisotopic (exact) mass is 351 g/mol. The highest BCUT2D eigenvalue weighted by Gasteiger charge is 2.18. The minimum atomic E-state index is 0.698. The van der Waals surface area contributed by atoms with Crippen molar-refractivity contribution in [3.63, 3.8) is 0 Å². The van der Waals surface area contributed by atoms with E-state index in [0.29, 0.717) is 5.92 Å². The molecule has 1 aromatic rings. The molecule has 0 unspecified atom stereocenters. The Bertz CT molecular complexity index is 308. The van der Waals surface area contributed by atoms with E-state index in [4.69, 9.17) is 0 Å². The highest BCUT2D eigenvalue weighted by atomic mass is 127. The molecule has 0 aliphatic carbocycles. The Balaban J connectivity index is 2.32. The van der Waals surface area contributed by atoms with Gasteiger partial charge < -0.3 is 5.32 Å². The molecule has 1 N–H and O–H groups in total. The fraction of sp³-hybridized carbons (Fsp3) is 0.400. The second-order valence-electron chi connectivity index (χ2n) is 3.36. The minimum Gasteiger partial charge on any atom is -0.316 e. The predicted octanol–water partition coefficient (Wildman–Crippen LogP) is 3.13. The van der Waals surface area contributed by atoms with Crippen molar-refractivity contribution in [2.75, 3.05) is 13.1 Å². The Labute approximate surface area is 101 Å². The molecule has 0 bridgehead atoms. The number of rotatable bonds is 1. The van der Waals surface area contributed by atoms with Crippen LogP contribution in [0.2, 0.25) is 0 Å². The quantitative estimate of drug-likeness (QED) is 0.766. The molecule has 1 aromatic carbocycles. The molecule has 2 rings (SSSR count). The van der Waals surface area contributed by atoms with Crippen molar-refractivity contribution in [3.05, 3.63) is 31.8 Å². The van der Waals surface area contributed by atoms with Crippen molar-refractivity contribution in [1.29, 1.82) is 0 Å². The first-order valence-corrected chi connectivity index (χ1v) is 6.30. The second-order valence-corrected chi connectivity index (χ2v) is 5.46. The fourth-order valence-corrected chi connectivity index (χ4v) is 2.83. The maximum absolute atomic E-state index is 3.61. The topological polar surface area (TPSA) is 12.0 Å². The SMILES string of the molecule is Brc1ccc(I)cc1[C@@H]1CCNC1. The maximum atomic E-state index is 3.61. The van der Waals surface area contributed by atoms with Gasteiger partial charge in [0.05, 0.1) is 0 Å². The summed E-state index contributed by atoms with van der Waals surface area (Å²) in [5.74, 6) is 0.698. The Kier molecular flexibility index (Phi) is 3.26. The summed E-state index contributed by atoms with van der Waals surface area (Å²) < 4.78 is 2.57. The van der Waals surface area contributed by atoms with Gasteiger partial charge in [0, 0.05) is 14.6 Å². The van der Waals surface area contributed by atoms with Gasteiger partial charge in [-0.3, -0.25) is 0 Å². The predicted molar refractivity (Wildman–Crippen MR) is 67.1 cm³/mol. The van der Waals surface area contributed by atoms with E-state index in [-0.39, 0.29) is 0 Å². The van der Waals surface area contributed by atoms with E-state index in [0.717, 1.165) is 13.1 Å². The van der Waals surface area contributed by atoms with Gasteiger partial charge >= 0.3 is 0 Å². The van der Waals surface area contributed by atoms with Crippen molar-refractivity contribution < 1.29 is 0 Å². The fourth-order valence-electron chi connectivity index (χ4n) is 1.75. The molecule has 0 radical (unpaired) electrons. The number of hydrogen-bond donors (Lipinski definition) is 1. The molecule has 0 spiro atoms. The Morgan fingerprint density at radius 1 is 1.46 bits per heavy atom. The summed E-state index contributed by atoms with van der Waals surface area (Å²) in [6.45, 7) is 2.28. The molecular formula is C10H11BrIN. The van der Waals surface area contributed by atoms with Gasteiger partial charge in [-0.15, -0.1) is 0 Å². The molecule has 1 atom stereocenters. The first-order chi connectivity index (χ1) is 6.27. The molecule has 1 saturated heterocycles. The molecule has 13 heavy (non-hydrogen) atoms. The lowest BCUT2D eigenvalue weighted by molar-refractivity contribution is 0.759. The molecule has 70 valence electrons. The minimum absolute atomic E-state index is 0.698. The molecular weight excluding hydrogens is 341 g/mol. The lowest BCUT2D eigenvalue weighted by Crippen LogP contribution is -2.08. The van der Waals surface area contributed by atoms with Crippen molar-refractivity contribution in [2.24, 2.45) is 0 Å². The molecule has 0 amide bonds. The molecule has 1 aliphatic rings. The number of benzene rings is 1. The van der Waals surface area contributed by atoms with Crippen LogP contribution in [0.1, 0.15) is 17.9 Å². The zero-order chi connectivity index (χ0) is 9.26. The first kappa shape index (κ1) is 9.93. The summed E-state index contributed by atoms with van der Waals surface area (Å²) in [4.78, 5) is 0. The molecule has 1 nitrogen and oxygen atoms in total. The third-order valence-electron chi connectivity index (χ3n) is 2.46. The van der Waals surface area contributed by atoms with Gasteiger partial charge in [-0.05, 0) is 65.2 Å². The second kappa shape index (κ2) is 4.28. The van der Waals surface area contributed by atoms with Gasteiger partial charge in [0.15, 0.2) is 0 Å². The lowest BCUT2D eigenvalue weighted by Gasteiger charge is -2.11. The summed E-state index contributed by atoms with van der Waals surface area (Å²) in [5.41, 5.74) is 1.46. The lowest BCUT2D eigenvalue weighted by atomic mass is 9.99. The molecule has 1 fully saturated rings. The summed E-state index contributed by atoms with van der Waals surface area (Å²) in [6.07, 6.45) is 1.26. The van der Waals surface area contributed by atoms with E-state index in [1.165, 1.54) is 20.0 Å². The molecule has 3 heteroatoms. The molecule has 0 aromatic heterocycles. The van der Waals surface area contributed by atoms with Crippen molar-refractivity contribution in [2.45, 2.75) is 12.3 Å². The van der Waals surface area contributed by atoms with Crippen LogP contribution in [0.5, 0.6) is 0 Å². The van der Waals surface area contributed by atoms with Crippen molar-refractivity contribution in [3.8, 4) is 0 Å². The zero-order valence-corrected chi connectivity index (χ0v) is 10.9. The van der Waals surface area contributed by atoms with Crippen LogP contribution in [-0.4, -0.2) is 13.1 Å². The highest BCUT2D eigenvalue weighted by molar-refractivity contribution is 14.1. The van der Waals surface area contributed by atoms with E-state index in [2.05, 4.69) is 62.0 Å². The summed E-state index contributed by atoms with van der Waals surface area (Å²) in [7, 11) is 0. The van der Waals surface area contributed by atoms with Crippen LogP contribution in [0.3, 0.4) is 0 Å². The molecule has 0 saturated carbocycles. The smallest absolute Gasteiger partial charge is 0.0211 e. The number of halogens is 2. The Morgan fingerprint density at radius 2 is 2.31 bits per heavy atom. The van der Waals surface area contributed by atoms with E-state index < -0.39 is 0 Å². The third kappa shape index (κ3) is 2.25. The van der Waals surface area contributed by atoms with Crippen molar-refractivity contribution >= 4 is 38.5 Å². The van der Waals surface area contributed by atoms with Crippen LogP contribution in [0.25, 0.3) is 0 Å². The van der Waals surface area contributed by atoms with Crippen LogP contribution in [-0.2, 0) is 0 Å². The number of nitrogens with one attached hydrogen (secondary N) is 1. The van der Waals surface area contributed by atoms with Gasteiger partial charge in [-0.2, -0.15) is 0 Å². The van der Waals surface area contributed by atoms with E-state index >= 15 is 0 Å². The van der Waals surface area contributed by atoms with Crippen LogP contribution >= 0.6 is 38.5 Å². The number of hydrogen-bond acceptors (Lipinski definition) is 1. The molecule has 1 heterocycles. The van der Waals surface area contributed by atoms with Gasteiger partial charge in [0.2, 0.25) is 0 Å². The molecule has 1 aliphatic heterocycles. The van der Waals surface area contributed by atoms with Gasteiger partial charge in [0.1, 0.15) is 0 Å². The van der Waals surface area contributed by atoms with Crippen LogP contribution in [0.15, 0.2) is 22.7 Å². The maximum Gasteiger partial charge on any atom is 0.0211 e. The summed E-state index contributed by atoms with van der Waals surface area (Å²) in [5, 5.41) is 3.39. The van der Waals surface area contributed by atoms with Gasteiger partial charge in [0.25, 0.3) is 0 Å². The van der Waals surface area contributed by atoms with E-state index in [9.17, 15) is 0 Å². The standard InChI is InChI=1S/C10H11BrIN/c11-10-2-1-8(12)5-9(10)7-3-4-13-6-7/h1-2,5,7,13H,3-4,6H2/t7-/m1/s1. The highest BCUT2D eigenvalue weighted by Crippen LogP contribution is 2.30. The average Bonchev–Trinajstić information content (AvgIpc) is 2.61. The Morgan fingerprint density at radius 3 is 3.00 bits per heavy atom. The van der Waals surface area contributed by atoms with Crippen molar-refractivity contribution in [1.82, 2.24) is 5.32 Å². The summed E-state index contributed by atoms with van der Waals surface area (Å²) in [6, 6.07) is 6.56. The normalized spacial score (nSPS) is 22.2. The summed E-state index contributed by atoms with van der Waals surface area (Å²) >= 11 is 5.98. The van der Waals surface area contributed by atoms with E-state index in [1.54, 1.807) is 0 Å². The van der Waals surface area contributed by atoms with Crippen LogP contribution in [0, 0.1) is 3.57 Å². The van der Waals surface area contributed by atoms with E-state index in [1.807, 2.05) is 0 Å². The zero-order valence-electron chi connectivity index (χ0n) is 7.19. The third-order valence-corrected chi connectivity index (χ3v) is 3.85. The van der Waals surface area contributed by atoms with Crippen LogP contribution < -0.4 is 5.32 Å². The average molecular weight is 352 g/mol. The Hall–Kier alpha value is 0.390. The van der Waals surface area contributed by atoms with Crippen LogP contribution in [0.4, 0.5) is 0 Å². The largest absolute Gasteiger partial charge is 0.316 e. The van der Waals surface area contributed by atoms with Gasteiger partial charge in [-0.25, -0.2) is 0 Å².